The standard InChI is InChI=1S/C33H23N5/c1-2-8-24(9-3-1)36-21-17-27-30(36)14-13-26-25-10-4-5-12-31(25)38(32(26)27)33-35-22-28(23-15-18-34-19-16-23)29-11-6-7-20-37(29)33/h1-19,21-22H,20H2. The number of para-hydroxylation sites is 2. The van der Waals surface area contributed by atoms with Gasteiger partial charge in [-0.25, -0.2) is 4.99 Å². The summed E-state index contributed by atoms with van der Waals surface area (Å²) in [6, 6.07) is 29.9. The Bertz CT molecular complexity index is 1990. The summed E-state index contributed by atoms with van der Waals surface area (Å²) >= 11 is 0. The van der Waals surface area contributed by atoms with Crippen LogP contribution in [0.5, 0.6) is 0 Å². The molecule has 0 unspecified atom stereocenters. The summed E-state index contributed by atoms with van der Waals surface area (Å²) in [5.74, 6) is 0.907. The molecule has 0 atom stereocenters. The van der Waals surface area contributed by atoms with E-state index in [2.05, 4.69) is 116 Å². The maximum atomic E-state index is 5.13. The van der Waals surface area contributed by atoms with Gasteiger partial charge in [0.15, 0.2) is 0 Å². The molecule has 0 spiro atoms. The molecule has 0 saturated heterocycles. The van der Waals surface area contributed by atoms with E-state index in [-0.39, 0.29) is 0 Å². The van der Waals surface area contributed by atoms with E-state index in [4.69, 9.17) is 4.99 Å². The number of allylic oxidation sites excluding steroid dienone is 3. The Labute approximate surface area is 219 Å². The number of aromatic nitrogens is 3. The lowest BCUT2D eigenvalue weighted by atomic mass is 10.0. The number of aliphatic imine (C=N–C) groups is 1. The second kappa shape index (κ2) is 8.18. The Kier molecular flexibility index (Phi) is 4.52. The average molecular weight is 490 g/mol. The topological polar surface area (TPSA) is 38.4 Å². The summed E-state index contributed by atoms with van der Waals surface area (Å²) in [4.78, 5) is 11.6. The van der Waals surface area contributed by atoms with Crippen molar-refractivity contribution < 1.29 is 0 Å². The van der Waals surface area contributed by atoms with Crippen molar-refractivity contribution in [3.63, 3.8) is 0 Å². The summed E-state index contributed by atoms with van der Waals surface area (Å²) in [6.45, 7) is 0.752. The van der Waals surface area contributed by atoms with Gasteiger partial charge in [-0.3, -0.25) is 9.55 Å². The van der Waals surface area contributed by atoms with Crippen LogP contribution in [0.1, 0.15) is 5.56 Å². The minimum atomic E-state index is 0.752. The minimum Gasteiger partial charge on any atom is -0.316 e. The Morgan fingerprint density at radius 2 is 1.55 bits per heavy atom. The summed E-state index contributed by atoms with van der Waals surface area (Å²) in [7, 11) is 0. The quantitative estimate of drug-likeness (QED) is 0.259. The molecule has 3 aromatic carbocycles. The number of nitrogens with zero attached hydrogens (tertiary/aromatic N) is 5. The van der Waals surface area contributed by atoms with Gasteiger partial charge in [0, 0.05) is 58.8 Å². The first-order valence-corrected chi connectivity index (χ1v) is 12.8. The van der Waals surface area contributed by atoms with Gasteiger partial charge >= 0.3 is 0 Å². The van der Waals surface area contributed by atoms with Gasteiger partial charge in [-0.1, -0.05) is 54.6 Å². The summed E-state index contributed by atoms with van der Waals surface area (Å²) in [5.41, 5.74) is 7.99. The van der Waals surface area contributed by atoms with Gasteiger partial charge in [0.05, 0.1) is 22.2 Å². The normalized spacial score (nSPS) is 15.1. The van der Waals surface area contributed by atoms with Crippen LogP contribution in [0.3, 0.4) is 0 Å². The van der Waals surface area contributed by atoms with Gasteiger partial charge in [-0.15, -0.1) is 0 Å². The average Bonchev–Trinajstić information content (AvgIpc) is 3.57. The smallest absolute Gasteiger partial charge is 0.215 e. The fourth-order valence-electron chi connectivity index (χ4n) is 5.83. The third-order valence-corrected chi connectivity index (χ3v) is 7.52. The first-order valence-electron chi connectivity index (χ1n) is 12.8. The highest BCUT2D eigenvalue weighted by Gasteiger charge is 2.28. The maximum Gasteiger partial charge on any atom is 0.215 e. The van der Waals surface area contributed by atoms with E-state index in [1.165, 1.54) is 27.2 Å². The van der Waals surface area contributed by atoms with E-state index < -0.39 is 0 Å². The van der Waals surface area contributed by atoms with E-state index >= 15 is 0 Å². The van der Waals surface area contributed by atoms with Crippen molar-refractivity contribution in [1.29, 1.82) is 0 Å². The SMILES string of the molecule is C1=CCN2C(=C1)C(c1ccncc1)=CN=C2n1c2ccccc2c2ccc3c(ccn3-c3ccccc3)c21. The van der Waals surface area contributed by atoms with Crippen molar-refractivity contribution in [2.24, 2.45) is 4.99 Å². The highest BCUT2D eigenvalue weighted by molar-refractivity contribution is 6.22. The van der Waals surface area contributed by atoms with Gasteiger partial charge in [0.25, 0.3) is 0 Å². The molecule has 5 heterocycles. The zero-order valence-corrected chi connectivity index (χ0v) is 20.6. The van der Waals surface area contributed by atoms with Crippen LogP contribution in [0.2, 0.25) is 0 Å². The molecule has 0 aliphatic carbocycles. The van der Waals surface area contributed by atoms with Crippen LogP contribution in [-0.2, 0) is 0 Å². The molecule has 0 saturated carbocycles. The lowest BCUT2D eigenvalue weighted by Crippen LogP contribution is -2.38. The number of fused-ring (bicyclic) bond motifs is 6. The Morgan fingerprint density at radius 1 is 0.711 bits per heavy atom. The monoisotopic (exact) mass is 489 g/mol. The summed E-state index contributed by atoms with van der Waals surface area (Å²) in [5, 5.41) is 3.65. The second-order valence-corrected chi connectivity index (χ2v) is 9.57. The molecule has 6 aromatic rings. The lowest BCUT2D eigenvalue weighted by molar-refractivity contribution is 0.562. The Hall–Kier alpha value is -5.16. The van der Waals surface area contributed by atoms with Gasteiger partial charge in [-0.2, -0.15) is 0 Å². The second-order valence-electron chi connectivity index (χ2n) is 9.57. The largest absolute Gasteiger partial charge is 0.316 e. The van der Waals surface area contributed by atoms with E-state index in [0.717, 1.165) is 40.5 Å². The van der Waals surface area contributed by atoms with E-state index in [1.807, 2.05) is 30.7 Å². The molecule has 0 radical (unpaired) electrons. The number of hydrogen-bond acceptors (Lipinski definition) is 3. The molecule has 180 valence electrons. The van der Waals surface area contributed by atoms with Crippen molar-refractivity contribution in [1.82, 2.24) is 19.0 Å². The molecule has 38 heavy (non-hydrogen) atoms. The van der Waals surface area contributed by atoms with Gasteiger partial charge in [0.2, 0.25) is 5.96 Å². The van der Waals surface area contributed by atoms with Crippen LogP contribution >= 0.6 is 0 Å². The summed E-state index contributed by atoms with van der Waals surface area (Å²) < 4.78 is 4.60. The number of pyridine rings is 1. The zero-order valence-electron chi connectivity index (χ0n) is 20.6. The molecule has 5 nitrogen and oxygen atoms in total. The highest BCUT2D eigenvalue weighted by atomic mass is 15.3. The molecule has 8 rings (SSSR count). The molecule has 5 heteroatoms. The van der Waals surface area contributed by atoms with Crippen LogP contribution in [-0.4, -0.2) is 31.5 Å². The third kappa shape index (κ3) is 2.99. The minimum absolute atomic E-state index is 0.752. The fourth-order valence-corrected chi connectivity index (χ4v) is 5.83. The van der Waals surface area contributed by atoms with Crippen molar-refractivity contribution in [2.45, 2.75) is 0 Å². The summed E-state index contributed by atoms with van der Waals surface area (Å²) in [6.07, 6.45) is 14.3. The first-order chi connectivity index (χ1) is 18.9. The highest BCUT2D eigenvalue weighted by Crippen LogP contribution is 2.38. The molecular weight excluding hydrogens is 466 g/mol. The Morgan fingerprint density at radius 3 is 2.45 bits per heavy atom. The van der Waals surface area contributed by atoms with E-state index in [9.17, 15) is 0 Å². The van der Waals surface area contributed by atoms with Gasteiger partial charge < -0.3 is 9.47 Å². The van der Waals surface area contributed by atoms with Gasteiger partial charge in [-0.05, 0) is 54.1 Å². The molecular formula is C33H23N5. The fraction of sp³-hybridized carbons (Fsp3) is 0.0303. The van der Waals surface area contributed by atoms with Crippen molar-refractivity contribution in [3.05, 3.63) is 139 Å². The zero-order chi connectivity index (χ0) is 25.1. The van der Waals surface area contributed by atoms with Crippen molar-refractivity contribution in [2.75, 3.05) is 6.54 Å². The molecule has 0 bridgehead atoms. The van der Waals surface area contributed by atoms with Crippen LogP contribution < -0.4 is 0 Å². The van der Waals surface area contributed by atoms with Crippen LogP contribution in [0.25, 0.3) is 44.0 Å². The van der Waals surface area contributed by atoms with Gasteiger partial charge in [0.1, 0.15) is 0 Å². The molecule has 0 fully saturated rings. The van der Waals surface area contributed by atoms with Crippen LogP contribution in [0.15, 0.2) is 139 Å². The molecule has 2 aliphatic rings. The molecule has 2 aliphatic heterocycles. The number of hydrogen-bond donors (Lipinski definition) is 0. The predicted molar refractivity (Wildman–Crippen MR) is 155 cm³/mol. The van der Waals surface area contributed by atoms with E-state index in [1.54, 1.807) is 0 Å². The van der Waals surface area contributed by atoms with Crippen LogP contribution in [0.4, 0.5) is 0 Å². The molecule has 3 aromatic heterocycles. The lowest BCUT2D eigenvalue weighted by Gasteiger charge is -2.34. The van der Waals surface area contributed by atoms with Crippen LogP contribution in [0, 0.1) is 0 Å². The van der Waals surface area contributed by atoms with Crippen molar-refractivity contribution >= 4 is 44.2 Å². The number of benzene rings is 3. The number of rotatable bonds is 2. The third-order valence-electron chi connectivity index (χ3n) is 7.52. The predicted octanol–water partition coefficient (Wildman–Crippen LogP) is 7.15. The first kappa shape index (κ1) is 21.0. The van der Waals surface area contributed by atoms with E-state index in [0.29, 0.717) is 0 Å². The van der Waals surface area contributed by atoms with Crippen molar-refractivity contribution in [3.8, 4) is 5.69 Å². The maximum absolute atomic E-state index is 5.13. The Balaban J connectivity index is 1.43. The molecule has 0 N–H and O–H groups in total. The molecule has 0 amide bonds.